The van der Waals surface area contributed by atoms with Crippen molar-refractivity contribution in [2.45, 2.75) is 91.3 Å². The van der Waals surface area contributed by atoms with Crippen molar-refractivity contribution in [1.82, 2.24) is 15.2 Å². The summed E-state index contributed by atoms with van der Waals surface area (Å²) >= 11 is 1.24. The minimum absolute atomic E-state index is 0.00912. The molecule has 0 bridgehead atoms. The molecule has 0 saturated heterocycles. The van der Waals surface area contributed by atoms with Gasteiger partial charge in [0, 0.05) is 55.6 Å². The Bertz CT molecular complexity index is 1770. The molecular formula is C42H53N3O7S. The van der Waals surface area contributed by atoms with Gasteiger partial charge in [0.25, 0.3) is 5.91 Å². The molecule has 0 aliphatic heterocycles. The summed E-state index contributed by atoms with van der Waals surface area (Å²) in [7, 11) is 3.18. The van der Waals surface area contributed by atoms with Gasteiger partial charge in [0.1, 0.15) is 16.5 Å². The Morgan fingerprint density at radius 1 is 0.981 bits per heavy atom. The number of ether oxygens (including phenoxy) is 2. The molecule has 1 aromatic heterocycles. The molecule has 1 N–H and O–H groups in total. The molecular weight excluding hydrogens is 691 g/mol. The first-order chi connectivity index (χ1) is 25.2. The number of Topliss-reactive ketones (excluding diaryl/α,β-unsaturated/α-hetero) is 1. The van der Waals surface area contributed by atoms with Crippen LogP contribution in [0.5, 0.6) is 0 Å². The Hall–Kier alpha value is -3.60. The molecule has 284 valence electrons. The van der Waals surface area contributed by atoms with E-state index in [1.54, 1.807) is 17.2 Å². The monoisotopic (exact) mass is 743 g/mol. The van der Waals surface area contributed by atoms with Crippen molar-refractivity contribution in [3.63, 3.8) is 0 Å². The van der Waals surface area contributed by atoms with E-state index in [4.69, 9.17) is 9.47 Å². The molecule has 7 fully saturated rings. The number of amides is 2. The number of rotatable bonds is 18. The second kappa shape index (κ2) is 13.0. The Labute approximate surface area is 316 Å². The number of benzene rings is 1. The predicted octanol–water partition coefficient (Wildman–Crippen LogP) is 5.90. The number of nitrogens with one attached hydrogen (secondary N) is 1. The maximum atomic E-state index is 14.3. The number of aromatic nitrogens is 1. The first-order valence-corrected chi connectivity index (χ1v) is 20.5. The lowest BCUT2D eigenvalue weighted by Gasteiger charge is -3.11. The van der Waals surface area contributed by atoms with Gasteiger partial charge in [-0.1, -0.05) is 58.0 Å². The van der Waals surface area contributed by atoms with Gasteiger partial charge in [0.05, 0.1) is 13.0 Å². The quantitative estimate of drug-likeness (QED) is 0.187. The standard InChI is InChI=1S/C42H53N3O7S/c1-20(2)28(45(6)39(49)26(24-13-14-24)17-30(47)42-34-31-35(42)33-36(42)32(34)41(31,33)5)18-29(52-22(4)46)38-44-27(19-53-38)37(48)43-25(15-21(3)40(50)51-7)16-23-11-9-8-10-12-23/h8-12,19-21,24-26,28-29,31-36H,13-18H2,1-7H3,(H,43,48)/t21-,25+,26-,28+,29+,31?,32?,33?,34?,35?,36?,41?,42?/m0/s1. The number of ketones is 1. The summed E-state index contributed by atoms with van der Waals surface area (Å²) in [4.78, 5) is 73.1. The second-order valence-electron chi connectivity index (χ2n) is 17.7. The third-order valence-electron chi connectivity index (χ3n) is 14.8. The maximum Gasteiger partial charge on any atom is 0.308 e. The summed E-state index contributed by atoms with van der Waals surface area (Å²) in [5, 5.41) is 5.20. The topological polar surface area (TPSA) is 132 Å². The van der Waals surface area contributed by atoms with Crippen molar-refractivity contribution in [3.8, 4) is 0 Å². The average Bonchev–Trinajstić information content (AvgIpc) is 3.85. The van der Waals surface area contributed by atoms with E-state index in [9.17, 15) is 24.0 Å². The molecule has 0 spiro atoms. The number of esters is 2. The molecule has 2 aromatic rings. The Balaban J connectivity index is 0.941. The van der Waals surface area contributed by atoms with Crippen LogP contribution in [0.1, 0.15) is 93.9 Å². The summed E-state index contributed by atoms with van der Waals surface area (Å²) in [6.45, 7) is 9.66. The average molecular weight is 744 g/mol. The number of thiazole rings is 1. The summed E-state index contributed by atoms with van der Waals surface area (Å²) in [5.74, 6) is 2.83. The molecule has 7 aliphatic rings. The molecule has 7 saturated carbocycles. The van der Waals surface area contributed by atoms with Crippen molar-refractivity contribution in [2.75, 3.05) is 14.2 Å². The van der Waals surface area contributed by atoms with E-state index in [0.717, 1.165) is 36.2 Å². The van der Waals surface area contributed by atoms with Gasteiger partial charge in [0.2, 0.25) is 5.91 Å². The number of methoxy groups -OCH3 is 1. The summed E-state index contributed by atoms with van der Waals surface area (Å²) in [6.07, 6.45) is 2.76. The van der Waals surface area contributed by atoms with Crippen molar-refractivity contribution in [2.24, 2.45) is 70.0 Å². The number of hydrogen-bond acceptors (Lipinski definition) is 9. The second-order valence-corrected chi connectivity index (χ2v) is 18.6. The molecule has 0 radical (unpaired) electrons. The van der Waals surface area contributed by atoms with Crippen LogP contribution >= 0.6 is 11.3 Å². The van der Waals surface area contributed by atoms with E-state index >= 15 is 0 Å². The highest BCUT2D eigenvalue weighted by Crippen LogP contribution is 3.10. The maximum absolute atomic E-state index is 14.3. The van der Waals surface area contributed by atoms with Gasteiger partial charge in [-0.05, 0) is 84.0 Å². The Morgan fingerprint density at radius 3 is 2.19 bits per heavy atom. The van der Waals surface area contributed by atoms with Crippen molar-refractivity contribution >= 4 is 40.9 Å². The van der Waals surface area contributed by atoms with Crippen LogP contribution in [0.25, 0.3) is 0 Å². The zero-order valence-corrected chi connectivity index (χ0v) is 32.7. The van der Waals surface area contributed by atoms with Crippen LogP contribution in [0.2, 0.25) is 0 Å². The van der Waals surface area contributed by atoms with Crippen molar-refractivity contribution < 1.29 is 33.4 Å². The van der Waals surface area contributed by atoms with Crippen molar-refractivity contribution in [1.29, 1.82) is 0 Å². The lowest BCUT2D eigenvalue weighted by Crippen LogP contribution is -3.10. The number of carbonyl (C=O) groups is 5. The van der Waals surface area contributed by atoms with Crippen LogP contribution in [-0.2, 0) is 35.1 Å². The van der Waals surface area contributed by atoms with Gasteiger partial charge in [-0.15, -0.1) is 11.3 Å². The minimum atomic E-state index is -0.769. The Morgan fingerprint density at radius 2 is 1.62 bits per heavy atom. The number of nitrogens with zero attached hydrogens (tertiary/aromatic N) is 2. The first-order valence-electron chi connectivity index (χ1n) is 19.6. The molecule has 7 aliphatic carbocycles. The van der Waals surface area contributed by atoms with E-state index in [0.29, 0.717) is 59.6 Å². The third kappa shape index (κ3) is 5.29. The van der Waals surface area contributed by atoms with Gasteiger partial charge in [-0.3, -0.25) is 24.0 Å². The Kier molecular flexibility index (Phi) is 8.93. The predicted molar refractivity (Wildman–Crippen MR) is 197 cm³/mol. The molecule has 11 heteroatoms. The molecule has 0 unspecified atom stereocenters. The SMILES string of the molecule is COC(=O)[C@@H](C)C[C@H](Cc1ccccc1)NC(=O)c1csc([C@@H](C[C@H](C(C)C)N(C)C(=O)[C@@H](CC(=O)C23C4C5C2C2C3C4C52C)C2CC2)OC(C)=O)n1. The fraction of sp³-hybridized carbons (Fsp3) is 0.667. The van der Waals surface area contributed by atoms with E-state index in [1.807, 2.05) is 37.4 Å². The molecule has 5 atom stereocenters. The summed E-state index contributed by atoms with van der Waals surface area (Å²) in [5.41, 5.74) is 1.68. The summed E-state index contributed by atoms with van der Waals surface area (Å²) < 4.78 is 10.8. The minimum Gasteiger partial charge on any atom is -0.469 e. The zero-order chi connectivity index (χ0) is 37.7. The van der Waals surface area contributed by atoms with Crippen LogP contribution < -0.4 is 5.32 Å². The van der Waals surface area contributed by atoms with Crippen LogP contribution in [0.3, 0.4) is 0 Å². The first kappa shape index (κ1) is 36.4. The highest BCUT2D eigenvalue weighted by molar-refractivity contribution is 7.09. The van der Waals surface area contributed by atoms with Crippen LogP contribution in [0, 0.1) is 70.0 Å². The molecule has 10 nitrogen and oxygen atoms in total. The largest absolute Gasteiger partial charge is 0.469 e. The lowest BCUT2D eigenvalue weighted by atomic mass is 8.92. The fourth-order valence-corrected chi connectivity index (χ4v) is 13.3. The normalized spacial score (nSPS) is 33.2. The van der Waals surface area contributed by atoms with Gasteiger partial charge < -0.3 is 19.7 Å². The van der Waals surface area contributed by atoms with E-state index < -0.39 is 18.0 Å². The molecule has 53 heavy (non-hydrogen) atoms. The lowest BCUT2D eigenvalue weighted by molar-refractivity contribution is -0.636. The van der Waals surface area contributed by atoms with E-state index in [-0.39, 0.29) is 58.7 Å². The molecule has 1 aromatic carbocycles. The van der Waals surface area contributed by atoms with E-state index in [1.165, 1.54) is 25.4 Å². The fourth-order valence-electron chi connectivity index (χ4n) is 12.5. The van der Waals surface area contributed by atoms with Gasteiger partial charge >= 0.3 is 11.9 Å². The molecule has 2 amide bonds. The number of carbonyl (C=O) groups excluding carboxylic acids is 5. The number of hydrogen-bond donors (Lipinski definition) is 1. The van der Waals surface area contributed by atoms with Crippen molar-refractivity contribution in [3.05, 3.63) is 52.0 Å². The smallest absolute Gasteiger partial charge is 0.308 e. The van der Waals surface area contributed by atoms with E-state index in [2.05, 4.69) is 31.1 Å². The highest BCUT2D eigenvalue weighted by Gasteiger charge is 3.09. The van der Waals surface area contributed by atoms with Gasteiger partial charge in [-0.2, -0.15) is 0 Å². The van der Waals surface area contributed by atoms with Crippen LogP contribution in [-0.4, -0.2) is 65.7 Å². The van der Waals surface area contributed by atoms with Gasteiger partial charge in [-0.25, -0.2) is 4.98 Å². The van der Waals surface area contributed by atoms with Crippen LogP contribution in [0.4, 0.5) is 0 Å². The third-order valence-corrected chi connectivity index (χ3v) is 15.8. The van der Waals surface area contributed by atoms with Gasteiger partial charge in [0.15, 0.2) is 6.10 Å². The highest BCUT2D eigenvalue weighted by atomic mass is 32.1. The molecule has 9 rings (SSSR count). The zero-order valence-electron chi connectivity index (χ0n) is 31.9. The molecule has 1 heterocycles. The van der Waals surface area contributed by atoms with Crippen LogP contribution in [0.15, 0.2) is 35.7 Å². The summed E-state index contributed by atoms with van der Waals surface area (Å²) in [6, 6.07) is 9.11.